The molecule has 1 aromatic rings. The largest absolute Gasteiger partial charge is 0.507 e. The third kappa shape index (κ3) is 3.77. The van der Waals surface area contributed by atoms with Crippen LogP contribution < -0.4 is 10.2 Å². The van der Waals surface area contributed by atoms with Gasteiger partial charge in [-0.3, -0.25) is 0 Å². The van der Waals surface area contributed by atoms with Crippen molar-refractivity contribution in [2.24, 2.45) is 0 Å². The van der Waals surface area contributed by atoms with Crippen LogP contribution in [-0.4, -0.2) is 51.1 Å². The number of hydrogen-bond donors (Lipinski definition) is 2. The fourth-order valence-electron chi connectivity index (χ4n) is 2.97. The summed E-state index contributed by atoms with van der Waals surface area (Å²) < 4.78 is 45.3. The summed E-state index contributed by atoms with van der Waals surface area (Å²) in [6, 6.07) is 4.19. The zero-order chi connectivity index (χ0) is 19.2. The van der Waals surface area contributed by atoms with Crippen LogP contribution >= 0.6 is 0 Å². The van der Waals surface area contributed by atoms with Gasteiger partial charge in [0.25, 0.3) is 0 Å². The maximum atomic E-state index is 12.7. The van der Waals surface area contributed by atoms with E-state index in [9.17, 15) is 13.5 Å². The topological polar surface area (TPSA) is 94.1 Å². The first-order chi connectivity index (χ1) is 12.0. The molecule has 0 atom stereocenters. The van der Waals surface area contributed by atoms with Crippen LogP contribution in [0.15, 0.2) is 23.1 Å². The molecule has 0 radical (unpaired) electrons. The molecule has 0 unspecified atom stereocenters. The summed E-state index contributed by atoms with van der Waals surface area (Å²) in [5.41, 5.74) is -0.516. The number of hydrogen-bond acceptors (Lipinski definition) is 6. The van der Waals surface area contributed by atoms with Gasteiger partial charge in [-0.25, -0.2) is 13.1 Å². The second-order valence-electron chi connectivity index (χ2n) is 7.82. The highest BCUT2D eigenvalue weighted by Gasteiger charge is 2.51. The van der Waals surface area contributed by atoms with Crippen molar-refractivity contribution in [3.05, 3.63) is 18.2 Å². The predicted octanol–water partition coefficient (Wildman–Crippen LogP) is 1.15. The van der Waals surface area contributed by atoms with Gasteiger partial charge in [-0.1, -0.05) is 6.07 Å². The standard InChI is InChI=1S/C17H26BNO6S/c1-16(2)17(3,4)25-18(24-16)12-5-6-14(20)15(11-12)26(21,22)19-13-7-9-23-10-8-13/h5-6,11,13,19-20H,7-10H2,1-4H3. The van der Waals surface area contributed by atoms with Crippen LogP contribution in [0.1, 0.15) is 40.5 Å². The zero-order valence-electron chi connectivity index (χ0n) is 15.6. The highest BCUT2D eigenvalue weighted by atomic mass is 32.2. The van der Waals surface area contributed by atoms with Crippen LogP contribution in [0.4, 0.5) is 0 Å². The fraction of sp³-hybridized carbons (Fsp3) is 0.647. The van der Waals surface area contributed by atoms with E-state index in [1.165, 1.54) is 12.1 Å². The number of phenolic OH excluding ortho intramolecular Hbond substituents is 1. The molecule has 2 N–H and O–H groups in total. The van der Waals surface area contributed by atoms with Crippen molar-refractivity contribution in [2.45, 2.75) is 62.7 Å². The predicted molar refractivity (Wildman–Crippen MR) is 98.0 cm³/mol. The molecule has 2 heterocycles. The molecule has 2 aliphatic heterocycles. The molecule has 0 amide bonds. The van der Waals surface area contributed by atoms with Crippen molar-refractivity contribution >= 4 is 22.6 Å². The van der Waals surface area contributed by atoms with Gasteiger partial charge < -0.3 is 19.2 Å². The Bertz CT molecular complexity index is 757. The first-order valence-corrected chi connectivity index (χ1v) is 10.3. The lowest BCUT2D eigenvalue weighted by molar-refractivity contribution is 0.00578. The van der Waals surface area contributed by atoms with Crippen LogP contribution in [-0.2, 0) is 24.1 Å². The van der Waals surface area contributed by atoms with E-state index in [0.717, 1.165) is 0 Å². The number of ether oxygens (including phenoxy) is 1. The molecule has 7 nitrogen and oxygen atoms in total. The summed E-state index contributed by atoms with van der Waals surface area (Å²) >= 11 is 0. The maximum absolute atomic E-state index is 12.7. The second kappa shape index (κ2) is 6.80. The Balaban J connectivity index is 1.86. The molecular formula is C17H26BNO6S. The summed E-state index contributed by atoms with van der Waals surface area (Å²) in [5.74, 6) is -0.301. The molecular weight excluding hydrogens is 357 g/mol. The summed E-state index contributed by atoms with van der Waals surface area (Å²) in [6.45, 7) is 8.76. The van der Waals surface area contributed by atoms with E-state index >= 15 is 0 Å². The molecule has 26 heavy (non-hydrogen) atoms. The fourth-order valence-corrected chi connectivity index (χ4v) is 4.41. The van der Waals surface area contributed by atoms with Gasteiger partial charge in [-0.05, 0) is 58.1 Å². The first kappa shape index (κ1) is 19.6. The van der Waals surface area contributed by atoms with Gasteiger partial charge in [0.15, 0.2) is 0 Å². The summed E-state index contributed by atoms with van der Waals surface area (Å²) in [7, 11) is -4.56. The highest BCUT2D eigenvalue weighted by molar-refractivity contribution is 7.89. The van der Waals surface area contributed by atoms with E-state index < -0.39 is 28.3 Å². The number of aromatic hydroxyl groups is 1. The van der Waals surface area contributed by atoms with E-state index in [2.05, 4.69) is 4.72 Å². The third-order valence-corrected chi connectivity index (χ3v) is 6.89. The molecule has 0 saturated carbocycles. The lowest BCUT2D eigenvalue weighted by Crippen LogP contribution is -2.41. The minimum Gasteiger partial charge on any atom is -0.507 e. The second-order valence-corrected chi connectivity index (χ2v) is 9.51. The molecule has 2 aliphatic rings. The summed E-state index contributed by atoms with van der Waals surface area (Å²) in [6.07, 6.45) is 1.22. The van der Waals surface area contributed by atoms with Crippen molar-refractivity contribution in [1.82, 2.24) is 4.72 Å². The van der Waals surface area contributed by atoms with Crippen LogP contribution in [0, 0.1) is 0 Å². The molecule has 1 aromatic carbocycles. The third-order valence-electron chi connectivity index (χ3n) is 5.34. The van der Waals surface area contributed by atoms with Crippen LogP contribution in [0.3, 0.4) is 0 Å². The van der Waals surface area contributed by atoms with E-state index in [1.54, 1.807) is 6.07 Å². The van der Waals surface area contributed by atoms with Crippen LogP contribution in [0.5, 0.6) is 5.75 Å². The van der Waals surface area contributed by atoms with Gasteiger partial charge in [0.1, 0.15) is 10.6 Å². The average Bonchev–Trinajstić information content (AvgIpc) is 2.76. The Morgan fingerprint density at radius 3 is 2.27 bits per heavy atom. The normalized spacial score (nSPS) is 23.3. The minimum atomic E-state index is -3.87. The van der Waals surface area contributed by atoms with Gasteiger partial charge >= 0.3 is 7.12 Å². The smallest absolute Gasteiger partial charge is 0.494 e. The molecule has 0 aromatic heterocycles. The Labute approximate surface area is 155 Å². The average molecular weight is 383 g/mol. The molecule has 3 rings (SSSR count). The summed E-state index contributed by atoms with van der Waals surface area (Å²) in [5, 5.41) is 10.1. The van der Waals surface area contributed by atoms with Gasteiger partial charge in [-0.15, -0.1) is 0 Å². The number of nitrogens with one attached hydrogen (secondary N) is 1. The highest BCUT2D eigenvalue weighted by Crippen LogP contribution is 2.36. The van der Waals surface area contributed by atoms with E-state index in [-0.39, 0.29) is 16.7 Å². The first-order valence-electron chi connectivity index (χ1n) is 8.80. The summed E-state index contributed by atoms with van der Waals surface area (Å²) in [4.78, 5) is -0.170. The van der Waals surface area contributed by atoms with Crippen LogP contribution in [0.2, 0.25) is 0 Å². The molecule has 0 spiro atoms. The van der Waals surface area contributed by atoms with E-state index in [1.807, 2.05) is 27.7 Å². The number of rotatable bonds is 4. The quantitative estimate of drug-likeness (QED) is 0.758. The van der Waals surface area contributed by atoms with Crippen molar-refractivity contribution in [2.75, 3.05) is 13.2 Å². The van der Waals surface area contributed by atoms with Crippen molar-refractivity contribution in [3.63, 3.8) is 0 Å². The van der Waals surface area contributed by atoms with Crippen molar-refractivity contribution < 1.29 is 27.6 Å². The molecule has 2 saturated heterocycles. The number of sulfonamides is 1. The minimum absolute atomic E-state index is 0.170. The number of benzene rings is 1. The van der Waals surface area contributed by atoms with Crippen LogP contribution in [0.25, 0.3) is 0 Å². The zero-order valence-corrected chi connectivity index (χ0v) is 16.4. The Kier molecular flexibility index (Phi) is 5.13. The SMILES string of the molecule is CC1(C)OB(c2ccc(O)c(S(=O)(=O)NC3CCOCC3)c2)OC1(C)C. The lowest BCUT2D eigenvalue weighted by atomic mass is 9.79. The molecule has 144 valence electrons. The molecule has 0 bridgehead atoms. The van der Waals surface area contributed by atoms with Crippen molar-refractivity contribution in [1.29, 1.82) is 0 Å². The molecule has 9 heteroatoms. The number of phenols is 1. The van der Waals surface area contributed by atoms with E-state index in [4.69, 9.17) is 14.0 Å². The van der Waals surface area contributed by atoms with Gasteiger partial charge in [0, 0.05) is 19.3 Å². The van der Waals surface area contributed by atoms with Gasteiger partial charge in [-0.2, -0.15) is 0 Å². The Morgan fingerprint density at radius 1 is 1.12 bits per heavy atom. The van der Waals surface area contributed by atoms with Crippen molar-refractivity contribution in [3.8, 4) is 5.75 Å². The maximum Gasteiger partial charge on any atom is 0.494 e. The van der Waals surface area contributed by atoms with E-state index in [0.29, 0.717) is 31.5 Å². The van der Waals surface area contributed by atoms with Gasteiger partial charge in [0.05, 0.1) is 11.2 Å². The lowest BCUT2D eigenvalue weighted by Gasteiger charge is -2.32. The molecule has 0 aliphatic carbocycles. The monoisotopic (exact) mass is 383 g/mol. The Morgan fingerprint density at radius 2 is 1.69 bits per heavy atom. The molecule has 2 fully saturated rings. The Hall–Kier alpha value is -1.13. The van der Waals surface area contributed by atoms with Gasteiger partial charge in [0.2, 0.25) is 10.0 Å².